The second kappa shape index (κ2) is 6.93. The number of hydrogen-bond donors (Lipinski definition) is 2. The minimum Gasteiger partial charge on any atom is -0.386 e. The molecular formula is C15H12F2N2O4. The van der Waals surface area contributed by atoms with Crippen molar-refractivity contribution in [2.75, 3.05) is 6.54 Å². The Balaban J connectivity index is 2.07. The van der Waals surface area contributed by atoms with Crippen molar-refractivity contribution in [1.29, 1.82) is 0 Å². The first kappa shape index (κ1) is 16.5. The number of nitrogens with one attached hydrogen (secondary N) is 1. The third-order valence-corrected chi connectivity index (χ3v) is 3.11. The first-order chi connectivity index (χ1) is 10.9. The minimum absolute atomic E-state index is 0.000376. The molecule has 6 nitrogen and oxygen atoms in total. The number of aliphatic hydroxyl groups is 1. The molecule has 0 bridgehead atoms. The van der Waals surface area contributed by atoms with Gasteiger partial charge in [0, 0.05) is 24.2 Å². The molecule has 0 fully saturated rings. The zero-order valence-corrected chi connectivity index (χ0v) is 11.7. The lowest BCUT2D eigenvalue weighted by atomic mass is 10.1. The molecule has 120 valence electrons. The van der Waals surface area contributed by atoms with Crippen molar-refractivity contribution in [3.05, 3.63) is 75.3 Å². The number of hydrogen-bond acceptors (Lipinski definition) is 4. The summed E-state index contributed by atoms with van der Waals surface area (Å²) in [6.07, 6.45) is -1.58. The fourth-order valence-electron chi connectivity index (χ4n) is 1.98. The van der Waals surface area contributed by atoms with Crippen LogP contribution in [0.15, 0.2) is 42.5 Å². The Morgan fingerprint density at radius 3 is 2.43 bits per heavy atom. The molecule has 23 heavy (non-hydrogen) atoms. The molecule has 1 amide bonds. The van der Waals surface area contributed by atoms with Crippen molar-refractivity contribution in [3.8, 4) is 0 Å². The Morgan fingerprint density at radius 2 is 1.83 bits per heavy atom. The van der Waals surface area contributed by atoms with Gasteiger partial charge in [-0.3, -0.25) is 14.9 Å². The van der Waals surface area contributed by atoms with Crippen molar-refractivity contribution >= 4 is 11.6 Å². The predicted octanol–water partition coefficient (Wildman–Crippen LogP) is 2.34. The van der Waals surface area contributed by atoms with E-state index in [-0.39, 0.29) is 11.3 Å². The molecule has 0 radical (unpaired) electrons. The van der Waals surface area contributed by atoms with Crippen LogP contribution in [-0.2, 0) is 0 Å². The van der Waals surface area contributed by atoms with Gasteiger partial charge in [-0.25, -0.2) is 8.78 Å². The number of rotatable bonds is 5. The molecule has 0 heterocycles. The Labute approximate surface area is 129 Å². The number of amides is 1. The summed E-state index contributed by atoms with van der Waals surface area (Å²) in [5.41, 5.74) is -0.814. The van der Waals surface area contributed by atoms with Crippen LogP contribution < -0.4 is 5.32 Å². The molecule has 0 saturated heterocycles. The van der Waals surface area contributed by atoms with E-state index in [1.165, 1.54) is 18.2 Å². The molecule has 0 aliphatic heterocycles. The van der Waals surface area contributed by atoms with Crippen LogP contribution in [0.1, 0.15) is 22.0 Å². The lowest BCUT2D eigenvalue weighted by Gasteiger charge is -2.13. The summed E-state index contributed by atoms with van der Waals surface area (Å²) in [6.45, 7) is -0.445. The van der Waals surface area contributed by atoms with E-state index in [4.69, 9.17) is 0 Å². The molecule has 8 heteroatoms. The van der Waals surface area contributed by atoms with Gasteiger partial charge in [0.25, 0.3) is 11.6 Å². The van der Waals surface area contributed by atoms with Crippen LogP contribution in [0, 0.1) is 21.7 Å². The molecule has 0 aliphatic carbocycles. The van der Waals surface area contributed by atoms with Crippen LogP contribution in [-0.4, -0.2) is 22.5 Å². The number of nitro groups is 1. The van der Waals surface area contributed by atoms with E-state index in [0.717, 1.165) is 24.3 Å². The highest BCUT2D eigenvalue weighted by Gasteiger charge is 2.19. The highest BCUT2D eigenvalue weighted by atomic mass is 19.1. The van der Waals surface area contributed by atoms with Gasteiger partial charge >= 0.3 is 0 Å². The van der Waals surface area contributed by atoms with Crippen molar-refractivity contribution in [2.45, 2.75) is 6.10 Å². The third kappa shape index (κ3) is 3.86. The van der Waals surface area contributed by atoms with Crippen LogP contribution in [0.2, 0.25) is 0 Å². The maximum atomic E-state index is 13.5. The summed E-state index contributed by atoms with van der Waals surface area (Å²) < 4.78 is 27.0. The molecule has 1 atom stereocenters. The van der Waals surface area contributed by atoms with E-state index in [1.54, 1.807) is 0 Å². The van der Waals surface area contributed by atoms with Crippen molar-refractivity contribution in [2.24, 2.45) is 0 Å². The Morgan fingerprint density at radius 1 is 1.22 bits per heavy atom. The highest BCUT2D eigenvalue weighted by Crippen LogP contribution is 2.20. The molecule has 0 aromatic heterocycles. The largest absolute Gasteiger partial charge is 0.386 e. The Bertz CT molecular complexity index is 732. The number of aliphatic hydroxyl groups excluding tert-OH is 1. The van der Waals surface area contributed by atoms with Gasteiger partial charge in [0.1, 0.15) is 17.7 Å². The summed E-state index contributed by atoms with van der Waals surface area (Å²) in [5.74, 6) is -2.56. The monoisotopic (exact) mass is 322 g/mol. The van der Waals surface area contributed by atoms with Crippen LogP contribution in [0.5, 0.6) is 0 Å². The third-order valence-electron chi connectivity index (χ3n) is 3.11. The highest BCUT2D eigenvalue weighted by molar-refractivity contribution is 5.94. The maximum absolute atomic E-state index is 13.5. The standard InChI is InChI=1S/C15H12F2N2O4/c16-11-5-2-6-12(17)14(11)13(20)8-18-15(21)9-3-1-4-10(7-9)19(22)23/h1-7,13,20H,8H2,(H,18,21). The van der Waals surface area contributed by atoms with Gasteiger partial charge in [0.15, 0.2) is 0 Å². The lowest BCUT2D eigenvalue weighted by molar-refractivity contribution is -0.384. The molecule has 0 spiro atoms. The van der Waals surface area contributed by atoms with E-state index in [2.05, 4.69) is 5.32 Å². The van der Waals surface area contributed by atoms with Gasteiger partial charge in [-0.05, 0) is 18.2 Å². The number of halogens is 2. The van der Waals surface area contributed by atoms with Gasteiger partial charge in [0.2, 0.25) is 0 Å². The smallest absolute Gasteiger partial charge is 0.270 e. The van der Waals surface area contributed by atoms with Gasteiger partial charge in [-0.15, -0.1) is 0 Å². The average molecular weight is 322 g/mol. The van der Waals surface area contributed by atoms with Crippen LogP contribution in [0.3, 0.4) is 0 Å². The summed E-state index contributed by atoms with van der Waals surface area (Å²) >= 11 is 0. The van der Waals surface area contributed by atoms with Crippen LogP contribution in [0.4, 0.5) is 14.5 Å². The Kier molecular flexibility index (Phi) is 4.97. The summed E-state index contributed by atoms with van der Waals surface area (Å²) in [5, 5.41) is 22.7. The number of carbonyl (C=O) groups excluding carboxylic acids is 1. The quantitative estimate of drug-likeness (QED) is 0.653. The first-order valence-corrected chi connectivity index (χ1v) is 6.54. The van der Waals surface area contributed by atoms with Crippen molar-refractivity contribution in [1.82, 2.24) is 5.32 Å². The van der Waals surface area contributed by atoms with Gasteiger partial charge < -0.3 is 10.4 Å². The zero-order chi connectivity index (χ0) is 17.0. The number of benzene rings is 2. The van der Waals surface area contributed by atoms with Crippen molar-refractivity contribution in [3.63, 3.8) is 0 Å². The number of nitro benzene ring substituents is 1. The van der Waals surface area contributed by atoms with Crippen LogP contribution in [0.25, 0.3) is 0 Å². The summed E-state index contributed by atoms with van der Waals surface area (Å²) in [4.78, 5) is 21.9. The predicted molar refractivity (Wildman–Crippen MR) is 76.7 cm³/mol. The number of nitrogens with zero attached hydrogens (tertiary/aromatic N) is 1. The van der Waals surface area contributed by atoms with Gasteiger partial charge in [0.05, 0.1) is 10.5 Å². The summed E-state index contributed by atoms with van der Waals surface area (Å²) in [7, 11) is 0. The molecule has 0 aliphatic rings. The zero-order valence-electron chi connectivity index (χ0n) is 11.7. The second-order valence-electron chi connectivity index (χ2n) is 4.67. The average Bonchev–Trinajstić information content (AvgIpc) is 2.52. The SMILES string of the molecule is O=C(NCC(O)c1c(F)cccc1F)c1cccc([N+](=O)[O-])c1. The van der Waals surface area contributed by atoms with Gasteiger partial charge in [-0.1, -0.05) is 12.1 Å². The van der Waals surface area contributed by atoms with E-state index in [9.17, 15) is 28.8 Å². The van der Waals surface area contributed by atoms with E-state index < -0.39 is 40.7 Å². The van der Waals surface area contributed by atoms with Crippen LogP contribution >= 0.6 is 0 Å². The molecular weight excluding hydrogens is 310 g/mol. The normalized spacial score (nSPS) is 11.8. The number of non-ortho nitro benzene ring substituents is 1. The first-order valence-electron chi connectivity index (χ1n) is 6.54. The molecule has 2 rings (SSSR count). The lowest BCUT2D eigenvalue weighted by Crippen LogP contribution is -2.29. The van der Waals surface area contributed by atoms with Crippen molar-refractivity contribution < 1.29 is 23.6 Å². The topological polar surface area (TPSA) is 92.5 Å². The molecule has 2 N–H and O–H groups in total. The molecule has 2 aromatic carbocycles. The fourth-order valence-corrected chi connectivity index (χ4v) is 1.98. The molecule has 1 unspecified atom stereocenters. The van der Waals surface area contributed by atoms with E-state index >= 15 is 0 Å². The minimum atomic E-state index is -1.58. The maximum Gasteiger partial charge on any atom is 0.270 e. The molecule has 2 aromatic rings. The fraction of sp³-hybridized carbons (Fsp3) is 0.133. The summed E-state index contributed by atoms with van der Waals surface area (Å²) in [6, 6.07) is 8.10. The number of carbonyl (C=O) groups is 1. The molecule has 0 saturated carbocycles. The Hall–Kier alpha value is -2.87. The van der Waals surface area contributed by atoms with E-state index in [1.807, 2.05) is 0 Å². The second-order valence-corrected chi connectivity index (χ2v) is 4.67. The van der Waals surface area contributed by atoms with Gasteiger partial charge in [-0.2, -0.15) is 0 Å². The van der Waals surface area contributed by atoms with E-state index in [0.29, 0.717) is 0 Å².